The van der Waals surface area contributed by atoms with E-state index in [1.807, 2.05) is 4.90 Å². The van der Waals surface area contributed by atoms with Crippen molar-refractivity contribution >= 4 is 23.5 Å². The summed E-state index contributed by atoms with van der Waals surface area (Å²) in [6.45, 7) is 7.04. The van der Waals surface area contributed by atoms with E-state index in [0.29, 0.717) is 11.3 Å². The van der Waals surface area contributed by atoms with Crippen LogP contribution in [0.3, 0.4) is 0 Å². The summed E-state index contributed by atoms with van der Waals surface area (Å²) in [5.41, 5.74) is 0.368. The third-order valence-corrected chi connectivity index (χ3v) is 4.88. The minimum absolute atomic E-state index is 0.0134. The maximum Gasteiger partial charge on any atom is 0.338 e. The molecule has 0 aromatic heterocycles. The van der Waals surface area contributed by atoms with Crippen molar-refractivity contribution in [3.8, 4) is 0 Å². The summed E-state index contributed by atoms with van der Waals surface area (Å²) in [7, 11) is 0. The second kappa shape index (κ2) is 8.51. The van der Waals surface area contributed by atoms with Gasteiger partial charge >= 0.3 is 5.97 Å². The molecule has 0 bridgehead atoms. The molecule has 0 saturated carbocycles. The van der Waals surface area contributed by atoms with Crippen LogP contribution in [0, 0.1) is 0 Å². The highest BCUT2D eigenvalue weighted by Crippen LogP contribution is 2.23. The van der Waals surface area contributed by atoms with Crippen LogP contribution in [0.2, 0.25) is 0 Å². The van der Waals surface area contributed by atoms with Gasteiger partial charge in [-0.05, 0) is 57.9 Å². The van der Waals surface area contributed by atoms with Crippen LogP contribution < -0.4 is 4.90 Å². The van der Waals surface area contributed by atoms with Crippen LogP contribution in [-0.2, 0) is 19.1 Å². The lowest BCUT2D eigenvalue weighted by Crippen LogP contribution is -2.55. The molecule has 2 aliphatic rings. The van der Waals surface area contributed by atoms with Gasteiger partial charge in [0.1, 0.15) is 5.60 Å². The molecule has 2 heterocycles. The van der Waals surface area contributed by atoms with E-state index in [1.165, 1.54) is 4.90 Å². The number of carbonyl (C=O) groups is 3. The monoisotopic (exact) mass is 404 g/mol. The van der Waals surface area contributed by atoms with E-state index >= 15 is 0 Å². The average molecular weight is 404 g/mol. The highest BCUT2D eigenvalue weighted by molar-refractivity contribution is 6.01. The topological polar surface area (TPSA) is 96.4 Å². The summed E-state index contributed by atoms with van der Waals surface area (Å²) < 4.78 is 10.5. The normalized spacial score (nSPS) is 21.2. The van der Waals surface area contributed by atoms with E-state index in [0.717, 1.165) is 25.9 Å². The molecule has 1 N–H and O–H groups in total. The first-order valence-corrected chi connectivity index (χ1v) is 9.90. The smallest absolute Gasteiger partial charge is 0.338 e. The van der Waals surface area contributed by atoms with Crippen LogP contribution in [0.1, 0.15) is 44.0 Å². The fraction of sp³-hybridized carbons (Fsp3) is 0.571. The van der Waals surface area contributed by atoms with E-state index in [1.54, 1.807) is 45.0 Å². The Morgan fingerprint density at radius 2 is 1.76 bits per heavy atom. The lowest BCUT2D eigenvalue weighted by atomic mass is 10.1. The number of likely N-dealkylation sites (tertiary alicyclic amines) is 1. The maximum absolute atomic E-state index is 12.8. The molecule has 0 radical (unpaired) electrons. The summed E-state index contributed by atoms with van der Waals surface area (Å²) in [6.07, 6.45) is -0.994. The molecule has 0 aliphatic carbocycles. The number of nitrogens with zero attached hydrogens (tertiary/aromatic N) is 2. The number of carbonyl (C=O) groups excluding carboxylic acids is 3. The molecule has 2 fully saturated rings. The van der Waals surface area contributed by atoms with Crippen molar-refractivity contribution < 1.29 is 29.0 Å². The highest BCUT2D eigenvalue weighted by Gasteiger charge is 2.41. The summed E-state index contributed by atoms with van der Waals surface area (Å²) in [4.78, 5) is 40.7. The minimum Gasteiger partial charge on any atom is -0.458 e. The molecular weight excluding hydrogens is 376 g/mol. The third kappa shape index (κ3) is 4.94. The standard InChI is InChI=1S/C21H28N2O6/c1-21(2,3)29-20(27)16(24)17-19(26)23(12-13-28-17)15-8-6-14(7-9-15)18(25)22-10-4-5-11-22/h6-9,16-17,24H,4-5,10-13H2,1-3H3/t16-,17-/m1/s1. The van der Waals surface area contributed by atoms with Gasteiger partial charge in [0, 0.05) is 30.9 Å². The second-order valence-electron chi connectivity index (χ2n) is 8.31. The van der Waals surface area contributed by atoms with Gasteiger partial charge in [-0.2, -0.15) is 0 Å². The van der Waals surface area contributed by atoms with Crippen molar-refractivity contribution in [2.24, 2.45) is 0 Å². The summed E-state index contributed by atoms with van der Waals surface area (Å²) in [5.74, 6) is -1.43. The highest BCUT2D eigenvalue weighted by atomic mass is 16.6. The van der Waals surface area contributed by atoms with Crippen molar-refractivity contribution in [1.82, 2.24) is 4.90 Å². The molecular formula is C21H28N2O6. The molecule has 2 atom stereocenters. The van der Waals surface area contributed by atoms with Gasteiger partial charge in [-0.1, -0.05) is 0 Å². The molecule has 2 aliphatic heterocycles. The molecule has 2 amide bonds. The fourth-order valence-electron chi connectivity index (χ4n) is 3.46. The molecule has 2 saturated heterocycles. The van der Waals surface area contributed by atoms with Gasteiger partial charge in [0.15, 0.2) is 12.2 Å². The number of anilines is 1. The van der Waals surface area contributed by atoms with Crippen molar-refractivity contribution in [3.63, 3.8) is 0 Å². The van der Waals surface area contributed by atoms with E-state index in [2.05, 4.69) is 0 Å². The zero-order valence-electron chi connectivity index (χ0n) is 17.1. The van der Waals surface area contributed by atoms with Gasteiger partial charge in [-0.15, -0.1) is 0 Å². The number of esters is 1. The Labute approximate surface area is 170 Å². The molecule has 29 heavy (non-hydrogen) atoms. The Morgan fingerprint density at radius 3 is 2.34 bits per heavy atom. The van der Waals surface area contributed by atoms with Crippen molar-refractivity contribution in [1.29, 1.82) is 0 Å². The molecule has 8 nitrogen and oxygen atoms in total. The van der Waals surface area contributed by atoms with Gasteiger partial charge < -0.3 is 24.4 Å². The summed E-state index contributed by atoms with van der Waals surface area (Å²) >= 11 is 0. The van der Waals surface area contributed by atoms with Crippen molar-refractivity contribution in [2.75, 3.05) is 31.1 Å². The first kappa shape index (κ1) is 21.3. The Bertz CT molecular complexity index is 764. The number of hydrogen-bond donors (Lipinski definition) is 1. The molecule has 8 heteroatoms. The fourth-order valence-corrected chi connectivity index (χ4v) is 3.46. The number of ether oxygens (including phenoxy) is 2. The predicted molar refractivity (Wildman–Crippen MR) is 106 cm³/mol. The van der Waals surface area contributed by atoms with E-state index in [9.17, 15) is 19.5 Å². The quantitative estimate of drug-likeness (QED) is 0.761. The van der Waals surface area contributed by atoms with Gasteiger partial charge in [0.2, 0.25) is 0 Å². The van der Waals surface area contributed by atoms with E-state index < -0.39 is 29.7 Å². The first-order valence-electron chi connectivity index (χ1n) is 9.90. The number of benzene rings is 1. The number of morpholine rings is 1. The first-order chi connectivity index (χ1) is 13.7. The van der Waals surface area contributed by atoms with Crippen LogP contribution in [-0.4, -0.2) is 71.8 Å². The van der Waals surface area contributed by atoms with Gasteiger partial charge in [-0.25, -0.2) is 4.79 Å². The molecule has 0 spiro atoms. The average Bonchev–Trinajstić information content (AvgIpc) is 3.21. The van der Waals surface area contributed by atoms with Crippen LogP contribution in [0.5, 0.6) is 0 Å². The zero-order chi connectivity index (χ0) is 21.2. The van der Waals surface area contributed by atoms with Crippen LogP contribution >= 0.6 is 0 Å². The van der Waals surface area contributed by atoms with Gasteiger partial charge in [0.25, 0.3) is 11.8 Å². The molecule has 158 valence electrons. The van der Waals surface area contributed by atoms with Gasteiger partial charge in [-0.3, -0.25) is 9.59 Å². The zero-order valence-corrected chi connectivity index (χ0v) is 17.1. The number of hydrogen-bond acceptors (Lipinski definition) is 6. The van der Waals surface area contributed by atoms with Crippen LogP contribution in [0.25, 0.3) is 0 Å². The summed E-state index contributed by atoms with van der Waals surface area (Å²) in [6, 6.07) is 6.78. The number of aliphatic hydroxyl groups excluding tert-OH is 1. The van der Waals surface area contributed by atoms with E-state index in [-0.39, 0.29) is 19.1 Å². The van der Waals surface area contributed by atoms with E-state index in [4.69, 9.17) is 9.47 Å². The second-order valence-corrected chi connectivity index (χ2v) is 8.31. The van der Waals surface area contributed by atoms with Crippen LogP contribution in [0.15, 0.2) is 24.3 Å². The maximum atomic E-state index is 12.8. The lowest BCUT2D eigenvalue weighted by molar-refractivity contribution is -0.177. The molecule has 3 rings (SSSR count). The van der Waals surface area contributed by atoms with Crippen molar-refractivity contribution in [2.45, 2.75) is 51.4 Å². The SMILES string of the molecule is CC(C)(C)OC(=O)[C@H](O)[C@H]1OCCN(c2ccc(C(=O)N3CCCC3)cc2)C1=O. The lowest BCUT2D eigenvalue weighted by Gasteiger charge is -2.34. The third-order valence-electron chi connectivity index (χ3n) is 4.88. The summed E-state index contributed by atoms with van der Waals surface area (Å²) in [5, 5.41) is 10.3. The Morgan fingerprint density at radius 1 is 1.14 bits per heavy atom. The number of amides is 2. The Balaban J connectivity index is 1.69. The minimum atomic E-state index is -1.71. The number of aliphatic hydroxyl groups is 1. The Hall–Kier alpha value is -2.45. The molecule has 1 aromatic carbocycles. The van der Waals surface area contributed by atoms with Gasteiger partial charge in [0.05, 0.1) is 6.61 Å². The van der Waals surface area contributed by atoms with Crippen molar-refractivity contribution in [3.05, 3.63) is 29.8 Å². The number of rotatable bonds is 4. The Kier molecular flexibility index (Phi) is 6.24. The van der Waals surface area contributed by atoms with Crippen LogP contribution in [0.4, 0.5) is 5.69 Å². The molecule has 0 unspecified atom stereocenters. The largest absolute Gasteiger partial charge is 0.458 e. The predicted octanol–water partition coefficient (Wildman–Crippen LogP) is 1.36. The molecule has 1 aromatic rings.